The highest BCUT2D eigenvalue weighted by molar-refractivity contribution is 6.15. The van der Waals surface area contributed by atoms with Crippen molar-refractivity contribution in [1.29, 1.82) is 0 Å². The van der Waals surface area contributed by atoms with Gasteiger partial charge in [-0.15, -0.1) is 0 Å². The number of ketones is 1. The molecule has 3 aromatic carbocycles. The minimum Gasteiger partial charge on any atom is -0.497 e. The number of hydrogen-bond acceptors (Lipinski definition) is 5. The lowest BCUT2D eigenvalue weighted by atomic mass is 9.98. The molecule has 0 N–H and O–H groups in total. The first kappa shape index (κ1) is 22.2. The first-order valence-electron chi connectivity index (χ1n) is 11.6. The van der Waals surface area contributed by atoms with Gasteiger partial charge in [-0.2, -0.15) is 0 Å². The number of fused-ring (bicyclic) bond motifs is 3. The molecule has 0 amide bonds. The van der Waals surface area contributed by atoms with Crippen LogP contribution in [0.5, 0.6) is 17.2 Å². The van der Waals surface area contributed by atoms with Crippen molar-refractivity contribution in [3.63, 3.8) is 0 Å². The van der Waals surface area contributed by atoms with E-state index >= 15 is 0 Å². The highest BCUT2D eigenvalue weighted by atomic mass is 16.5. The number of methoxy groups -OCH3 is 1. The zero-order valence-electron chi connectivity index (χ0n) is 20.1. The summed E-state index contributed by atoms with van der Waals surface area (Å²) in [6.07, 6.45) is 1.83. The van der Waals surface area contributed by atoms with Gasteiger partial charge in [-0.25, -0.2) is 0 Å². The SMILES string of the molecule is COc1ccc(CN2COc3cc(C)c4c(c3C2)O/C(=C\c2ccc(C(C)C)cc2)C4=O)cc1. The molecule has 34 heavy (non-hydrogen) atoms. The fourth-order valence-corrected chi connectivity index (χ4v) is 4.49. The molecule has 2 heterocycles. The molecule has 0 fully saturated rings. The summed E-state index contributed by atoms with van der Waals surface area (Å²) in [5, 5.41) is 0. The number of carbonyl (C=O) groups excluding carboxylic acids is 1. The lowest BCUT2D eigenvalue weighted by molar-refractivity contribution is 0.0872. The topological polar surface area (TPSA) is 48.0 Å². The molecule has 0 radical (unpaired) electrons. The van der Waals surface area contributed by atoms with Gasteiger partial charge in [0, 0.05) is 13.1 Å². The second-order valence-electron chi connectivity index (χ2n) is 9.24. The van der Waals surface area contributed by atoms with E-state index < -0.39 is 0 Å². The van der Waals surface area contributed by atoms with Gasteiger partial charge >= 0.3 is 0 Å². The van der Waals surface area contributed by atoms with Crippen LogP contribution in [0.15, 0.2) is 60.4 Å². The number of allylic oxidation sites excluding steroid dienone is 1. The van der Waals surface area contributed by atoms with Crippen molar-refractivity contribution >= 4 is 11.9 Å². The fraction of sp³-hybridized carbons (Fsp3) is 0.276. The second-order valence-corrected chi connectivity index (χ2v) is 9.24. The van der Waals surface area contributed by atoms with Crippen molar-refractivity contribution in [3.8, 4) is 17.2 Å². The van der Waals surface area contributed by atoms with Gasteiger partial charge < -0.3 is 14.2 Å². The lowest BCUT2D eigenvalue weighted by Gasteiger charge is -2.30. The Morgan fingerprint density at radius 2 is 1.82 bits per heavy atom. The number of rotatable bonds is 5. The van der Waals surface area contributed by atoms with E-state index in [4.69, 9.17) is 14.2 Å². The summed E-state index contributed by atoms with van der Waals surface area (Å²) in [4.78, 5) is 15.5. The Morgan fingerprint density at radius 3 is 2.50 bits per heavy atom. The minimum atomic E-state index is -0.0736. The largest absolute Gasteiger partial charge is 0.497 e. The fourth-order valence-electron chi connectivity index (χ4n) is 4.49. The Balaban J connectivity index is 1.41. The van der Waals surface area contributed by atoms with E-state index in [-0.39, 0.29) is 5.78 Å². The molecule has 0 saturated carbocycles. The Bertz CT molecular complexity index is 1260. The van der Waals surface area contributed by atoms with Gasteiger partial charge in [-0.3, -0.25) is 9.69 Å². The predicted molar refractivity (Wildman–Crippen MR) is 132 cm³/mol. The van der Waals surface area contributed by atoms with Crippen LogP contribution in [0.4, 0.5) is 0 Å². The van der Waals surface area contributed by atoms with Crippen LogP contribution in [-0.2, 0) is 13.1 Å². The summed E-state index contributed by atoms with van der Waals surface area (Å²) in [5.41, 5.74) is 5.82. The third kappa shape index (κ3) is 4.19. The van der Waals surface area contributed by atoms with Gasteiger partial charge in [0.1, 0.15) is 24.0 Å². The standard InChI is InChI=1S/C29H29NO4/c1-18(2)22-9-5-20(6-10-22)14-26-28(31)27-19(3)13-25-24(29(27)34-26)16-30(17-33-25)15-21-7-11-23(32-4)12-8-21/h5-14,18H,15-17H2,1-4H3/b26-14-. The smallest absolute Gasteiger partial charge is 0.232 e. The molecule has 0 unspecified atom stereocenters. The number of benzene rings is 3. The Morgan fingerprint density at radius 1 is 1.09 bits per heavy atom. The molecule has 0 aliphatic carbocycles. The molecule has 174 valence electrons. The van der Waals surface area contributed by atoms with Crippen molar-refractivity contribution in [2.75, 3.05) is 13.8 Å². The second kappa shape index (κ2) is 8.99. The number of hydrogen-bond donors (Lipinski definition) is 0. The van der Waals surface area contributed by atoms with Gasteiger partial charge in [0.05, 0.1) is 18.2 Å². The summed E-state index contributed by atoms with van der Waals surface area (Å²) in [7, 11) is 1.66. The summed E-state index contributed by atoms with van der Waals surface area (Å²) < 4.78 is 17.5. The van der Waals surface area contributed by atoms with E-state index in [0.29, 0.717) is 36.3 Å². The molecule has 5 heteroatoms. The zero-order valence-corrected chi connectivity index (χ0v) is 20.1. The lowest BCUT2D eigenvalue weighted by Crippen LogP contribution is -2.31. The van der Waals surface area contributed by atoms with Crippen LogP contribution in [0.3, 0.4) is 0 Å². The molecule has 0 spiro atoms. The summed E-state index contributed by atoms with van der Waals surface area (Å²) in [6, 6.07) is 18.2. The average molecular weight is 456 g/mol. The van der Waals surface area contributed by atoms with E-state index in [0.717, 1.165) is 34.7 Å². The molecule has 0 saturated heterocycles. The van der Waals surface area contributed by atoms with Crippen molar-refractivity contribution in [2.45, 2.75) is 39.8 Å². The maximum absolute atomic E-state index is 13.3. The number of ether oxygens (including phenoxy) is 3. The summed E-state index contributed by atoms with van der Waals surface area (Å²) >= 11 is 0. The predicted octanol–water partition coefficient (Wildman–Crippen LogP) is 6.10. The van der Waals surface area contributed by atoms with Crippen LogP contribution in [-0.4, -0.2) is 24.5 Å². The van der Waals surface area contributed by atoms with Crippen molar-refractivity contribution in [2.24, 2.45) is 0 Å². The summed E-state index contributed by atoms with van der Waals surface area (Å²) in [6.45, 7) is 8.13. The maximum Gasteiger partial charge on any atom is 0.232 e. The van der Waals surface area contributed by atoms with Crippen molar-refractivity contribution < 1.29 is 19.0 Å². The van der Waals surface area contributed by atoms with E-state index in [1.54, 1.807) is 7.11 Å². The van der Waals surface area contributed by atoms with Crippen LogP contribution >= 0.6 is 0 Å². The zero-order chi connectivity index (χ0) is 23.8. The highest BCUT2D eigenvalue weighted by Gasteiger charge is 2.35. The maximum atomic E-state index is 13.3. The monoisotopic (exact) mass is 455 g/mol. The molecule has 0 atom stereocenters. The molecule has 5 rings (SSSR count). The first-order chi connectivity index (χ1) is 16.4. The number of Topliss-reactive ketones (excluding diaryl/α,β-unsaturated/α-hetero) is 1. The molecular formula is C29H29NO4. The number of aryl methyl sites for hydroxylation is 1. The average Bonchev–Trinajstić information content (AvgIpc) is 3.17. The molecule has 0 aromatic heterocycles. The van der Waals surface area contributed by atoms with Gasteiger partial charge in [0.25, 0.3) is 0 Å². The minimum absolute atomic E-state index is 0.0736. The molecular weight excluding hydrogens is 426 g/mol. The number of nitrogens with zero attached hydrogens (tertiary/aromatic N) is 1. The Labute approximate surface area is 200 Å². The van der Waals surface area contributed by atoms with Crippen LogP contribution in [0, 0.1) is 6.92 Å². The van der Waals surface area contributed by atoms with Crippen LogP contribution in [0.2, 0.25) is 0 Å². The van der Waals surface area contributed by atoms with Gasteiger partial charge in [0.2, 0.25) is 5.78 Å². The van der Waals surface area contributed by atoms with Crippen LogP contribution < -0.4 is 14.2 Å². The van der Waals surface area contributed by atoms with Crippen LogP contribution in [0.25, 0.3) is 6.08 Å². The molecule has 5 nitrogen and oxygen atoms in total. The molecule has 3 aromatic rings. The quantitative estimate of drug-likeness (QED) is 0.436. The van der Waals surface area contributed by atoms with Crippen LogP contribution in [0.1, 0.15) is 57.9 Å². The summed E-state index contributed by atoms with van der Waals surface area (Å²) in [5.74, 6) is 3.00. The van der Waals surface area contributed by atoms with E-state index in [1.807, 2.05) is 43.3 Å². The van der Waals surface area contributed by atoms with E-state index in [2.05, 4.69) is 43.0 Å². The normalized spacial score (nSPS) is 16.3. The van der Waals surface area contributed by atoms with E-state index in [1.165, 1.54) is 11.1 Å². The van der Waals surface area contributed by atoms with Gasteiger partial charge in [-0.1, -0.05) is 50.2 Å². The molecule has 0 bridgehead atoms. The highest BCUT2D eigenvalue weighted by Crippen LogP contribution is 2.44. The van der Waals surface area contributed by atoms with Gasteiger partial charge in [0.15, 0.2) is 5.76 Å². The third-order valence-corrected chi connectivity index (χ3v) is 6.45. The number of carbonyl (C=O) groups is 1. The Kier molecular flexibility index (Phi) is 5.88. The van der Waals surface area contributed by atoms with E-state index in [9.17, 15) is 4.79 Å². The first-order valence-corrected chi connectivity index (χ1v) is 11.6. The Hall–Kier alpha value is -3.57. The van der Waals surface area contributed by atoms with Crippen molar-refractivity contribution in [1.82, 2.24) is 4.90 Å². The third-order valence-electron chi connectivity index (χ3n) is 6.45. The van der Waals surface area contributed by atoms with Crippen molar-refractivity contribution in [3.05, 3.63) is 93.7 Å². The molecule has 2 aliphatic rings. The molecule has 2 aliphatic heterocycles. The van der Waals surface area contributed by atoms with Gasteiger partial charge in [-0.05, 0) is 59.4 Å².